The van der Waals surface area contributed by atoms with Gasteiger partial charge in [-0.1, -0.05) is 0 Å². The average Bonchev–Trinajstić information content (AvgIpc) is 2.46. The van der Waals surface area contributed by atoms with Gasteiger partial charge in [0, 0.05) is 6.54 Å². The first-order chi connectivity index (χ1) is 7.00. The molecule has 0 atom stereocenters. The van der Waals surface area contributed by atoms with Gasteiger partial charge < -0.3 is 5.73 Å². The number of halogens is 1. The molecule has 82 valence electrons. The topological polar surface area (TPSA) is 63.4 Å². The molecule has 0 unspecified atom stereocenters. The van der Waals surface area contributed by atoms with E-state index in [4.69, 9.17) is 5.73 Å². The first-order valence-electron chi connectivity index (χ1n) is 4.56. The van der Waals surface area contributed by atoms with Gasteiger partial charge in [0.05, 0.1) is 17.1 Å². The average molecular weight is 230 g/mol. The third kappa shape index (κ3) is 1.77. The van der Waals surface area contributed by atoms with Crippen LogP contribution in [0.25, 0.3) is 0 Å². The van der Waals surface area contributed by atoms with E-state index in [0.717, 1.165) is 6.07 Å². The monoisotopic (exact) mass is 230 g/mol. The SMILES string of the molecule is Nc1cc(F)ccc1N1CCCS1(=O)=O. The summed E-state index contributed by atoms with van der Waals surface area (Å²) in [5.41, 5.74) is 6.10. The number of hydrogen-bond donors (Lipinski definition) is 1. The first kappa shape index (κ1) is 10.2. The lowest BCUT2D eigenvalue weighted by atomic mass is 10.2. The highest BCUT2D eigenvalue weighted by Gasteiger charge is 2.29. The quantitative estimate of drug-likeness (QED) is 0.730. The molecule has 1 fully saturated rings. The van der Waals surface area contributed by atoms with Gasteiger partial charge in [-0.2, -0.15) is 0 Å². The largest absolute Gasteiger partial charge is 0.397 e. The van der Waals surface area contributed by atoms with E-state index in [1.807, 2.05) is 0 Å². The summed E-state index contributed by atoms with van der Waals surface area (Å²) in [6, 6.07) is 3.73. The van der Waals surface area contributed by atoms with E-state index < -0.39 is 15.8 Å². The van der Waals surface area contributed by atoms with Gasteiger partial charge in [0.15, 0.2) is 0 Å². The number of benzene rings is 1. The zero-order chi connectivity index (χ0) is 11.1. The van der Waals surface area contributed by atoms with E-state index in [9.17, 15) is 12.8 Å². The second-order valence-electron chi connectivity index (χ2n) is 3.44. The van der Waals surface area contributed by atoms with Crippen molar-refractivity contribution >= 4 is 21.4 Å². The van der Waals surface area contributed by atoms with Crippen LogP contribution in [-0.4, -0.2) is 20.7 Å². The highest BCUT2D eigenvalue weighted by Crippen LogP contribution is 2.29. The molecule has 15 heavy (non-hydrogen) atoms. The van der Waals surface area contributed by atoms with Crippen LogP contribution in [0.15, 0.2) is 18.2 Å². The van der Waals surface area contributed by atoms with E-state index in [1.54, 1.807) is 0 Å². The van der Waals surface area contributed by atoms with Crippen LogP contribution in [0.4, 0.5) is 15.8 Å². The van der Waals surface area contributed by atoms with Gasteiger partial charge in [-0.3, -0.25) is 4.31 Å². The van der Waals surface area contributed by atoms with Gasteiger partial charge in [-0.25, -0.2) is 12.8 Å². The van der Waals surface area contributed by atoms with Gasteiger partial charge >= 0.3 is 0 Å². The molecule has 2 N–H and O–H groups in total. The minimum atomic E-state index is -3.24. The lowest BCUT2D eigenvalue weighted by molar-refractivity contribution is 0.599. The number of anilines is 2. The smallest absolute Gasteiger partial charge is 0.235 e. The van der Waals surface area contributed by atoms with Crippen LogP contribution in [0.3, 0.4) is 0 Å². The molecule has 6 heteroatoms. The molecular formula is C9H11FN2O2S. The maximum atomic E-state index is 12.8. The molecule has 1 heterocycles. The summed E-state index contributed by atoms with van der Waals surface area (Å²) in [4.78, 5) is 0. The molecule has 1 aliphatic rings. The lowest BCUT2D eigenvalue weighted by Crippen LogP contribution is -2.25. The summed E-state index contributed by atoms with van der Waals surface area (Å²) in [6.45, 7) is 0.415. The molecule has 2 rings (SSSR count). The van der Waals surface area contributed by atoms with E-state index in [1.165, 1.54) is 16.4 Å². The Morgan fingerprint density at radius 2 is 2.13 bits per heavy atom. The Hall–Kier alpha value is -1.30. The normalized spacial score (nSPS) is 19.4. The maximum absolute atomic E-state index is 12.8. The highest BCUT2D eigenvalue weighted by molar-refractivity contribution is 7.93. The molecule has 0 aliphatic carbocycles. The van der Waals surface area contributed by atoms with Crippen LogP contribution < -0.4 is 10.0 Å². The molecule has 1 aliphatic heterocycles. The fourth-order valence-corrected chi connectivity index (χ4v) is 3.25. The summed E-state index contributed by atoms with van der Waals surface area (Å²) in [6.07, 6.45) is 0.582. The summed E-state index contributed by atoms with van der Waals surface area (Å²) >= 11 is 0. The third-order valence-corrected chi connectivity index (χ3v) is 4.21. The standard InChI is InChI=1S/C9H11FN2O2S/c10-7-2-3-9(8(11)6-7)12-4-1-5-15(12,13)14/h2-3,6H,1,4-5,11H2. The molecule has 0 amide bonds. The Morgan fingerprint density at radius 1 is 1.40 bits per heavy atom. The molecule has 4 nitrogen and oxygen atoms in total. The van der Waals surface area contributed by atoms with Crippen LogP contribution in [0.1, 0.15) is 6.42 Å². The van der Waals surface area contributed by atoms with E-state index in [0.29, 0.717) is 18.7 Å². The molecule has 1 aromatic carbocycles. The number of nitrogens with zero attached hydrogens (tertiary/aromatic N) is 1. The molecule has 0 aromatic heterocycles. The number of rotatable bonds is 1. The van der Waals surface area contributed by atoms with Crippen molar-refractivity contribution in [1.29, 1.82) is 0 Å². The van der Waals surface area contributed by atoms with Crippen molar-refractivity contribution in [2.45, 2.75) is 6.42 Å². The van der Waals surface area contributed by atoms with Crippen molar-refractivity contribution in [1.82, 2.24) is 0 Å². The molecular weight excluding hydrogens is 219 g/mol. The molecule has 1 saturated heterocycles. The van der Waals surface area contributed by atoms with Crippen molar-refractivity contribution < 1.29 is 12.8 Å². The van der Waals surface area contributed by atoms with E-state index >= 15 is 0 Å². The second-order valence-corrected chi connectivity index (χ2v) is 5.46. The summed E-state index contributed by atoms with van der Waals surface area (Å²) < 4.78 is 37.2. The fourth-order valence-electron chi connectivity index (χ4n) is 1.66. The van der Waals surface area contributed by atoms with Crippen molar-refractivity contribution in [2.75, 3.05) is 22.3 Å². The van der Waals surface area contributed by atoms with Crippen molar-refractivity contribution in [3.63, 3.8) is 0 Å². The summed E-state index contributed by atoms with van der Waals surface area (Å²) in [5, 5.41) is 0. The van der Waals surface area contributed by atoms with Crippen LogP contribution in [-0.2, 0) is 10.0 Å². The number of hydrogen-bond acceptors (Lipinski definition) is 3. The number of nitrogen functional groups attached to an aromatic ring is 1. The zero-order valence-electron chi connectivity index (χ0n) is 7.98. The molecule has 0 bridgehead atoms. The van der Waals surface area contributed by atoms with Crippen molar-refractivity contribution in [2.24, 2.45) is 0 Å². The van der Waals surface area contributed by atoms with Crippen LogP contribution >= 0.6 is 0 Å². The third-order valence-electron chi connectivity index (χ3n) is 2.36. The summed E-state index contributed by atoms with van der Waals surface area (Å²) in [5.74, 6) is -0.336. The highest BCUT2D eigenvalue weighted by atomic mass is 32.2. The Bertz CT molecular complexity index is 487. The molecule has 0 saturated carbocycles. The van der Waals surface area contributed by atoms with Gasteiger partial charge in [0.1, 0.15) is 5.82 Å². The predicted octanol–water partition coefficient (Wildman–Crippen LogP) is 0.948. The second kappa shape index (κ2) is 3.37. The van der Waals surface area contributed by atoms with Gasteiger partial charge in [-0.05, 0) is 24.6 Å². The Labute approximate surface area is 87.5 Å². The van der Waals surface area contributed by atoms with Crippen LogP contribution in [0.5, 0.6) is 0 Å². The van der Waals surface area contributed by atoms with Gasteiger partial charge in [0.25, 0.3) is 0 Å². The van der Waals surface area contributed by atoms with Crippen LogP contribution in [0.2, 0.25) is 0 Å². The Morgan fingerprint density at radius 3 is 2.67 bits per heavy atom. The predicted molar refractivity (Wildman–Crippen MR) is 56.6 cm³/mol. The maximum Gasteiger partial charge on any atom is 0.235 e. The van der Waals surface area contributed by atoms with Crippen molar-refractivity contribution in [3.05, 3.63) is 24.0 Å². The Kier molecular flexibility index (Phi) is 2.30. The minimum absolute atomic E-state index is 0.129. The van der Waals surface area contributed by atoms with Crippen LogP contribution in [0, 0.1) is 5.82 Å². The number of sulfonamides is 1. The lowest BCUT2D eigenvalue weighted by Gasteiger charge is -2.18. The first-order valence-corrected chi connectivity index (χ1v) is 6.17. The molecule has 0 spiro atoms. The van der Waals surface area contributed by atoms with E-state index in [2.05, 4.69) is 0 Å². The fraction of sp³-hybridized carbons (Fsp3) is 0.333. The number of nitrogens with two attached hydrogens (primary N) is 1. The zero-order valence-corrected chi connectivity index (χ0v) is 8.80. The van der Waals surface area contributed by atoms with E-state index in [-0.39, 0.29) is 11.4 Å². The van der Waals surface area contributed by atoms with Crippen molar-refractivity contribution in [3.8, 4) is 0 Å². The minimum Gasteiger partial charge on any atom is -0.397 e. The van der Waals surface area contributed by atoms with Gasteiger partial charge in [-0.15, -0.1) is 0 Å². The van der Waals surface area contributed by atoms with Gasteiger partial charge in [0.2, 0.25) is 10.0 Å². The molecule has 1 aromatic rings. The molecule has 0 radical (unpaired) electrons. The summed E-state index contributed by atoms with van der Waals surface area (Å²) in [7, 11) is -3.24. The Balaban J connectivity index is 2.46.